The van der Waals surface area contributed by atoms with Crippen LogP contribution in [0.2, 0.25) is 0 Å². The van der Waals surface area contributed by atoms with Gasteiger partial charge in [-0.2, -0.15) is 0 Å². The summed E-state index contributed by atoms with van der Waals surface area (Å²) in [6.45, 7) is 5.05. The van der Waals surface area contributed by atoms with Crippen LogP contribution < -0.4 is 9.62 Å². The third-order valence-electron chi connectivity index (χ3n) is 6.94. The highest BCUT2D eigenvalue weighted by molar-refractivity contribution is 7.89. The fourth-order valence-corrected chi connectivity index (χ4v) is 6.46. The number of amides is 1. The molecule has 0 spiro atoms. The van der Waals surface area contributed by atoms with E-state index in [2.05, 4.69) is 19.9 Å². The summed E-state index contributed by atoms with van der Waals surface area (Å²) in [5, 5.41) is 7.08. The maximum absolute atomic E-state index is 13.4. The minimum Gasteiger partial charge on any atom is -0.366 e. The molecule has 3 aromatic rings. The Morgan fingerprint density at radius 2 is 1.95 bits per heavy atom. The number of piperazine rings is 1. The Morgan fingerprint density at radius 3 is 2.55 bits per heavy atom. The summed E-state index contributed by atoms with van der Waals surface area (Å²) in [7, 11) is -4.23. The highest BCUT2D eigenvalue weighted by atomic mass is 32.2. The van der Waals surface area contributed by atoms with Crippen LogP contribution in [0.1, 0.15) is 40.9 Å². The molecule has 15 heteroatoms. The lowest BCUT2D eigenvalue weighted by Crippen LogP contribution is -2.53. The van der Waals surface area contributed by atoms with Crippen LogP contribution in [0, 0.1) is 0 Å². The van der Waals surface area contributed by atoms with Gasteiger partial charge in [0.25, 0.3) is 6.43 Å². The van der Waals surface area contributed by atoms with E-state index in [1.54, 1.807) is 24.1 Å². The zero-order valence-corrected chi connectivity index (χ0v) is 22.6. The van der Waals surface area contributed by atoms with E-state index in [0.29, 0.717) is 48.7 Å². The Balaban J connectivity index is 1.49. The van der Waals surface area contributed by atoms with Crippen molar-refractivity contribution in [3.63, 3.8) is 0 Å². The van der Waals surface area contributed by atoms with Gasteiger partial charge in [0, 0.05) is 40.7 Å². The number of halogens is 2. The van der Waals surface area contributed by atoms with Crippen LogP contribution in [0.4, 0.5) is 14.5 Å². The molecule has 2 aliphatic rings. The summed E-state index contributed by atoms with van der Waals surface area (Å²) in [4.78, 5) is 22.5. The Bertz CT molecular complexity index is 1500. The van der Waals surface area contributed by atoms with Crippen molar-refractivity contribution < 1.29 is 24.7 Å². The number of rotatable bonds is 8. The van der Waals surface area contributed by atoms with E-state index in [9.17, 15) is 22.0 Å². The van der Waals surface area contributed by atoms with Crippen LogP contribution >= 0.6 is 11.3 Å². The van der Waals surface area contributed by atoms with Crippen LogP contribution in [-0.4, -0.2) is 95.5 Å². The summed E-state index contributed by atoms with van der Waals surface area (Å²) in [6, 6.07) is 0.973. The molecule has 0 radical (unpaired) electrons. The molecule has 1 atom stereocenters. The third-order valence-corrected chi connectivity index (χ3v) is 9.47. The first-order valence-corrected chi connectivity index (χ1v) is 14.3. The number of carbonyl (C=O) groups is 1. The van der Waals surface area contributed by atoms with Crippen LogP contribution in [0.25, 0.3) is 16.3 Å². The molecule has 1 aliphatic heterocycles. The first-order chi connectivity index (χ1) is 19.0. The Kier molecular flexibility index (Phi) is 6.25. The molecule has 2 fully saturated rings. The number of hydrogen-bond acceptors (Lipinski definition) is 9. The van der Waals surface area contributed by atoms with Gasteiger partial charge in [-0.15, -0.1) is 10.2 Å². The van der Waals surface area contributed by atoms with Gasteiger partial charge >= 0.3 is 0 Å². The maximum atomic E-state index is 13.4. The zero-order valence-electron chi connectivity index (χ0n) is 23.0. The predicted molar refractivity (Wildman–Crippen MR) is 139 cm³/mol. The van der Waals surface area contributed by atoms with Crippen LogP contribution in [0.15, 0.2) is 23.4 Å². The van der Waals surface area contributed by atoms with Gasteiger partial charge in [-0.05, 0) is 46.8 Å². The number of hydrogen-bond donors (Lipinski definition) is 1. The predicted octanol–water partition coefficient (Wildman–Crippen LogP) is 2.22. The van der Waals surface area contributed by atoms with Crippen LogP contribution in [0.5, 0.6) is 0 Å². The van der Waals surface area contributed by atoms with Gasteiger partial charge in [0.05, 0.1) is 23.4 Å². The quantitative estimate of drug-likeness (QED) is 0.439. The van der Waals surface area contributed by atoms with Gasteiger partial charge in [-0.1, -0.05) is 11.3 Å². The van der Waals surface area contributed by atoms with Crippen molar-refractivity contribution in [3.05, 3.63) is 23.5 Å². The number of imidazole rings is 1. The number of fused-ring (bicyclic) bond motifs is 1. The lowest BCUT2D eigenvalue weighted by Gasteiger charge is -2.38. The molecule has 3 aromatic heterocycles. The van der Waals surface area contributed by atoms with E-state index >= 15 is 0 Å². The number of aromatic nitrogens is 4. The Morgan fingerprint density at radius 1 is 1.24 bits per heavy atom. The average molecular weight is 571 g/mol. The zero-order chi connectivity index (χ0) is 28.8. The number of anilines is 1. The Hall–Kier alpha value is -2.75. The number of pyridine rings is 1. The minimum atomic E-state index is -3.93. The summed E-state index contributed by atoms with van der Waals surface area (Å²) in [5.74, 6) is 0.0316. The van der Waals surface area contributed by atoms with Gasteiger partial charge < -0.3 is 9.80 Å². The molecule has 1 aliphatic carbocycles. The molecular weight excluding hydrogens is 538 g/mol. The summed E-state index contributed by atoms with van der Waals surface area (Å²) in [5.41, 5.74) is 0.620. The van der Waals surface area contributed by atoms with Crippen molar-refractivity contribution in [2.45, 2.75) is 49.6 Å². The maximum Gasteiger partial charge on any atom is 0.291 e. The van der Waals surface area contributed by atoms with E-state index < -0.39 is 33.0 Å². The monoisotopic (exact) mass is 570 g/mol. The lowest BCUT2D eigenvalue weighted by molar-refractivity contribution is -0.135. The molecule has 1 saturated heterocycles. The van der Waals surface area contributed by atoms with Gasteiger partial charge in [0.2, 0.25) is 15.9 Å². The van der Waals surface area contributed by atoms with E-state index in [4.69, 9.17) is 2.74 Å². The highest BCUT2D eigenvalue weighted by Crippen LogP contribution is 2.37. The molecule has 0 aromatic carbocycles. The largest absolute Gasteiger partial charge is 0.366 e. The minimum absolute atomic E-state index is 0.00497. The summed E-state index contributed by atoms with van der Waals surface area (Å²) >= 11 is 0.691. The van der Waals surface area contributed by atoms with Crippen LogP contribution in [-0.2, 0) is 14.8 Å². The van der Waals surface area contributed by atoms with Crippen molar-refractivity contribution in [2.75, 3.05) is 45.1 Å². The second kappa shape index (κ2) is 9.77. The molecule has 0 unspecified atom stereocenters. The second-order valence-electron chi connectivity index (χ2n) is 9.89. The first kappa shape index (κ1) is 24.3. The highest BCUT2D eigenvalue weighted by Gasteiger charge is 2.41. The molecule has 1 N–H and O–H groups in total. The molecule has 1 saturated carbocycles. The summed E-state index contributed by atoms with van der Waals surface area (Å²) in [6.07, 6.45) is 1.62. The van der Waals surface area contributed by atoms with Gasteiger partial charge in [-0.3, -0.25) is 14.1 Å². The van der Waals surface area contributed by atoms with Gasteiger partial charge in [-0.25, -0.2) is 26.9 Å². The smallest absolute Gasteiger partial charge is 0.291 e. The number of alkyl halides is 2. The van der Waals surface area contributed by atoms with Crippen LogP contribution in [0.3, 0.4) is 0 Å². The van der Waals surface area contributed by atoms with E-state index in [1.165, 1.54) is 15.5 Å². The standard InChI is InChI=1S/C23H30F2N8O3S2/c1-14(30(3)4)22(34)32-9-7-31(8-10-32)16-11-15(38(35,36)29-23(2)5-6-23)13-33-17(16)12-26-19(33)21-28-27-20(37-21)18(24)25/h11-14,18,29H,5-10H2,1-4H3/t14-/m0/s1/i3D,4D. The topological polar surface area (TPSA) is 116 Å². The average Bonchev–Trinajstić information content (AvgIpc) is 3.30. The van der Waals surface area contributed by atoms with Gasteiger partial charge in [0.1, 0.15) is 4.90 Å². The van der Waals surface area contributed by atoms with E-state index in [0.717, 1.165) is 12.8 Å². The number of nitrogens with zero attached hydrogens (tertiary/aromatic N) is 7. The second-order valence-corrected chi connectivity index (χ2v) is 12.6. The van der Waals surface area contributed by atoms with Crippen molar-refractivity contribution in [1.29, 1.82) is 0 Å². The molecule has 4 heterocycles. The van der Waals surface area contributed by atoms with Crippen molar-refractivity contribution in [3.8, 4) is 10.8 Å². The molecule has 206 valence electrons. The lowest BCUT2D eigenvalue weighted by atomic mass is 10.2. The van der Waals surface area contributed by atoms with Gasteiger partial charge in [0.15, 0.2) is 15.8 Å². The fraction of sp³-hybridized carbons (Fsp3) is 0.565. The molecule has 5 rings (SSSR count). The fourth-order valence-electron chi connectivity index (χ4n) is 4.29. The number of likely N-dealkylation sites (N-methyl/N-ethyl adjacent to an activating group) is 1. The third kappa shape index (κ3) is 5.11. The van der Waals surface area contributed by atoms with Crippen molar-refractivity contribution in [2.24, 2.45) is 0 Å². The molecule has 1 amide bonds. The van der Waals surface area contributed by atoms with E-state index in [-0.39, 0.29) is 35.7 Å². The molecular formula is C23H30F2N8O3S2. The van der Waals surface area contributed by atoms with E-state index in [1.807, 2.05) is 11.8 Å². The Labute approximate surface area is 226 Å². The van der Waals surface area contributed by atoms with Crippen molar-refractivity contribution >= 4 is 38.5 Å². The SMILES string of the molecule is [2H]CN(C[2H])[C@@H](C)C(=O)N1CCN(c2cc(S(=O)(=O)NC3(C)CC3)cn3c(-c4nnc(C(F)F)s4)ncc23)CC1. The van der Waals surface area contributed by atoms with Crippen molar-refractivity contribution in [1.82, 2.24) is 34.1 Å². The number of sulfonamides is 1. The number of nitrogens with one attached hydrogen (secondary N) is 1. The summed E-state index contributed by atoms with van der Waals surface area (Å²) < 4.78 is 72.6. The molecule has 11 nitrogen and oxygen atoms in total. The first-order valence-electron chi connectivity index (χ1n) is 13.4. The number of carbonyl (C=O) groups excluding carboxylic acids is 1. The molecule has 38 heavy (non-hydrogen) atoms. The molecule has 0 bridgehead atoms. The normalized spacial score (nSPS) is 19.2.